The monoisotopic (exact) mass is 342 g/mol. The number of hydrogen-bond acceptors (Lipinski definition) is 4. The van der Waals surface area contributed by atoms with Crippen molar-refractivity contribution >= 4 is 29.3 Å². The number of hydrogen-bond donors (Lipinski definition) is 2. The summed E-state index contributed by atoms with van der Waals surface area (Å²) in [6, 6.07) is 11.0. The summed E-state index contributed by atoms with van der Waals surface area (Å²) in [6.07, 6.45) is 1.56. The maximum absolute atomic E-state index is 11.0. The second kappa shape index (κ2) is 6.37. The van der Waals surface area contributed by atoms with Crippen molar-refractivity contribution in [1.29, 1.82) is 0 Å². The van der Waals surface area contributed by atoms with Crippen LogP contribution in [0.15, 0.2) is 47.0 Å². The van der Waals surface area contributed by atoms with Crippen molar-refractivity contribution in [3.63, 3.8) is 0 Å². The SMILES string of the molecule is Cc1ccc(Nc2ncc(-c3ccc(C(=O)O)c(Cl)c3)o2)cc1C. The van der Waals surface area contributed by atoms with Crippen molar-refractivity contribution in [3.05, 3.63) is 64.3 Å². The van der Waals surface area contributed by atoms with Gasteiger partial charge in [-0.05, 0) is 49.2 Å². The van der Waals surface area contributed by atoms with Crippen LogP contribution in [0.5, 0.6) is 0 Å². The smallest absolute Gasteiger partial charge is 0.337 e. The Morgan fingerprint density at radius 2 is 1.96 bits per heavy atom. The van der Waals surface area contributed by atoms with E-state index < -0.39 is 5.97 Å². The molecule has 3 aromatic rings. The summed E-state index contributed by atoms with van der Waals surface area (Å²) in [7, 11) is 0. The van der Waals surface area contributed by atoms with Crippen LogP contribution >= 0.6 is 11.6 Å². The van der Waals surface area contributed by atoms with Gasteiger partial charge in [-0.1, -0.05) is 23.7 Å². The van der Waals surface area contributed by atoms with Gasteiger partial charge in [0.2, 0.25) is 0 Å². The van der Waals surface area contributed by atoms with E-state index >= 15 is 0 Å². The Bertz CT molecular complexity index is 918. The topological polar surface area (TPSA) is 75.4 Å². The predicted octanol–water partition coefficient (Wildman–Crippen LogP) is 5.05. The second-order valence-corrected chi connectivity index (χ2v) is 5.86. The van der Waals surface area contributed by atoms with Gasteiger partial charge in [-0.3, -0.25) is 0 Å². The lowest BCUT2D eigenvalue weighted by atomic mass is 10.1. The molecule has 0 spiro atoms. The van der Waals surface area contributed by atoms with Gasteiger partial charge in [-0.15, -0.1) is 0 Å². The van der Waals surface area contributed by atoms with Crippen LogP contribution in [-0.2, 0) is 0 Å². The zero-order valence-corrected chi connectivity index (χ0v) is 13.9. The Morgan fingerprint density at radius 3 is 2.62 bits per heavy atom. The molecule has 0 saturated heterocycles. The highest BCUT2D eigenvalue weighted by Crippen LogP contribution is 2.28. The summed E-state index contributed by atoms with van der Waals surface area (Å²) in [6.45, 7) is 4.08. The first-order valence-corrected chi connectivity index (χ1v) is 7.65. The van der Waals surface area contributed by atoms with Gasteiger partial charge in [0.05, 0.1) is 16.8 Å². The van der Waals surface area contributed by atoms with E-state index in [1.54, 1.807) is 18.3 Å². The van der Waals surface area contributed by atoms with Crippen molar-refractivity contribution in [2.24, 2.45) is 0 Å². The molecule has 0 amide bonds. The first kappa shape index (κ1) is 16.1. The number of oxazole rings is 1. The Balaban J connectivity index is 1.84. The van der Waals surface area contributed by atoms with E-state index in [9.17, 15) is 4.79 Å². The van der Waals surface area contributed by atoms with Crippen LogP contribution in [0.3, 0.4) is 0 Å². The number of anilines is 2. The van der Waals surface area contributed by atoms with Gasteiger partial charge in [0.25, 0.3) is 6.01 Å². The Kier molecular flexibility index (Phi) is 4.27. The number of carboxylic acid groups (broad SMARTS) is 1. The van der Waals surface area contributed by atoms with Gasteiger partial charge in [-0.2, -0.15) is 0 Å². The lowest BCUT2D eigenvalue weighted by Crippen LogP contribution is -1.96. The second-order valence-electron chi connectivity index (χ2n) is 5.45. The molecule has 1 aromatic heterocycles. The van der Waals surface area contributed by atoms with Crippen molar-refractivity contribution < 1.29 is 14.3 Å². The molecule has 0 aliphatic carbocycles. The van der Waals surface area contributed by atoms with E-state index in [1.807, 2.05) is 32.0 Å². The van der Waals surface area contributed by atoms with Crippen LogP contribution in [0, 0.1) is 13.8 Å². The van der Waals surface area contributed by atoms with Gasteiger partial charge >= 0.3 is 5.97 Å². The van der Waals surface area contributed by atoms with Gasteiger partial charge < -0.3 is 14.8 Å². The summed E-state index contributed by atoms with van der Waals surface area (Å²) in [4.78, 5) is 15.2. The van der Waals surface area contributed by atoms with E-state index in [4.69, 9.17) is 21.1 Å². The average Bonchev–Trinajstić information content (AvgIpc) is 2.99. The van der Waals surface area contributed by atoms with E-state index in [0.29, 0.717) is 17.3 Å². The molecule has 0 radical (unpaired) electrons. The summed E-state index contributed by atoms with van der Waals surface area (Å²) >= 11 is 5.98. The molecule has 6 heteroatoms. The number of nitrogens with one attached hydrogen (secondary N) is 1. The Labute approximate surface area is 143 Å². The van der Waals surface area contributed by atoms with Crippen molar-refractivity contribution in [1.82, 2.24) is 4.98 Å². The van der Waals surface area contributed by atoms with Gasteiger partial charge in [0, 0.05) is 11.3 Å². The minimum absolute atomic E-state index is 0.0495. The summed E-state index contributed by atoms with van der Waals surface area (Å²) < 4.78 is 5.67. The minimum atomic E-state index is -1.07. The normalized spacial score (nSPS) is 10.6. The van der Waals surface area contributed by atoms with E-state index in [1.165, 1.54) is 17.2 Å². The van der Waals surface area contributed by atoms with Crippen LogP contribution in [0.1, 0.15) is 21.5 Å². The number of carboxylic acids is 1. The third-order valence-electron chi connectivity index (χ3n) is 3.75. The first-order valence-electron chi connectivity index (χ1n) is 7.27. The molecule has 0 bridgehead atoms. The highest BCUT2D eigenvalue weighted by Gasteiger charge is 2.12. The lowest BCUT2D eigenvalue weighted by molar-refractivity contribution is 0.0697. The fourth-order valence-electron chi connectivity index (χ4n) is 2.25. The Hall–Kier alpha value is -2.79. The van der Waals surface area contributed by atoms with Crippen LogP contribution in [0.4, 0.5) is 11.7 Å². The van der Waals surface area contributed by atoms with Crippen molar-refractivity contribution in [2.45, 2.75) is 13.8 Å². The molecule has 24 heavy (non-hydrogen) atoms. The average molecular weight is 343 g/mol. The molecule has 0 aliphatic rings. The van der Waals surface area contributed by atoms with E-state index in [0.717, 1.165) is 5.69 Å². The molecule has 2 aromatic carbocycles. The molecule has 122 valence electrons. The number of benzene rings is 2. The molecule has 0 unspecified atom stereocenters. The molecule has 0 atom stereocenters. The standard InChI is InChI=1S/C18H15ClN2O3/c1-10-3-5-13(7-11(10)2)21-18-20-9-16(24-18)12-4-6-14(17(22)23)15(19)8-12/h3-9H,1-2H3,(H,20,21)(H,22,23). The van der Waals surface area contributed by atoms with Crippen molar-refractivity contribution in [2.75, 3.05) is 5.32 Å². The van der Waals surface area contributed by atoms with Crippen LogP contribution in [0.2, 0.25) is 5.02 Å². The summed E-state index contributed by atoms with van der Waals surface area (Å²) in [5.41, 5.74) is 3.97. The number of aryl methyl sites for hydroxylation is 2. The minimum Gasteiger partial charge on any atom is -0.478 e. The zero-order chi connectivity index (χ0) is 17.3. The number of halogens is 1. The van der Waals surface area contributed by atoms with Crippen LogP contribution in [0.25, 0.3) is 11.3 Å². The third kappa shape index (κ3) is 3.26. The quantitative estimate of drug-likeness (QED) is 0.693. The Morgan fingerprint density at radius 1 is 1.17 bits per heavy atom. The highest BCUT2D eigenvalue weighted by atomic mass is 35.5. The largest absolute Gasteiger partial charge is 0.478 e. The zero-order valence-electron chi connectivity index (χ0n) is 13.1. The molecular formula is C18H15ClN2O3. The fourth-order valence-corrected chi connectivity index (χ4v) is 2.51. The molecule has 0 aliphatic heterocycles. The highest BCUT2D eigenvalue weighted by molar-refractivity contribution is 6.33. The number of aromatic nitrogens is 1. The molecular weight excluding hydrogens is 328 g/mol. The van der Waals surface area contributed by atoms with Gasteiger partial charge in [-0.25, -0.2) is 9.78 Å². The number of aromatic carboxylic acids is 1. The number of rotatable bonds is 4. The predicted molar refractivity (Wildman–Crippen MR) is 93.1 cm³/mol. The third-order valence-corrected chi connectivity index (χ3v) is 4.06. The molecule has 5 nitrogen and oxygen atoms in total. The molecule has 0 fully saturated rings. The molecule has 3 rings (SSSR count). The molecule has 1 heterocycles. The summed E-state index contributed by atoms with van der Waals surface area (Å²) in [5.74, 6) is -0.568. The molecule has 0 saturated carbocycles. The number of nitrogens with zero attached hydrogens (tertiary/aromatic N) is 1. The summed E-state index contributed by atoms with van der Waals surface area (Å²) in [5, 5.41) is 12.3. The van der Waals surface area contributed by atoms with E-state index in [-0.39, 0.29) is 10.6 Å². The maximum Gasteiger partial charge on any atom is 0.337 e. The van der Waals surface area contributed by atoms with Crippen molar-refractivity contribution in [3.8, 4) is 11.3 Å². The molecule has 2 N–H and O–H groups in total. The van der Waals surface area contributed by atoms with E-state index in [2.05, 4.69) is 10.3 Å². The fraction of sp³-hybridized carbons (Fsp3) is 0.111. The number of carbonyl (C=O) groups is 1. The lowest BCUT2D eigenvalue weighted by Gasteiger charge is -2.05. The maximum atomic E-state index is 11.0. The van der Waals surface area contributed by atoms with Crippen LogP contribution < -0.4 is 5.32 Å². The van der Waals surface area contributed by atoms with Gasteiger partial charge in [0.1, 0.15) is 0 Å². The van der Waals surface area contributed by atoms with Gasteiger partial charge in [0.15, 0.2) is 5.76 Å². The van der Waals surface area contributed by atoms with Crippen LogP contribution in [-0.4, -0.2) is 16.1 Å². The first-order chi connectivity index (χ1) is 11.4.